The number of aromatic nitrogens is 1. The maximum atomic E-state index is 12.2. The van der Waals surface area contributed by atoms with Crippen LogP contribution in [-0.4, -0.2) is 15.5 Å². The van der Waals surface area contributed by atoms with Crippen molar-refractivity contribution in [2.24, 2.45) is 0 Å². The van der Waals surface area contributed by atoms with E-state index in [0.717, 1.165) is 11.1 Å². The molecular weight excluding hydrogens is 314 g/mol. The molecule has 22 heavy (non-hydrogen) atoms. The van der Waals surface area contributed by atoms with Crippen molar-refractivity contribution in [2.75, 3.05) is 0 Å². The highest BCUT2D eigenvalue weighted by Gasteiger charge is 2.18. The van der Waals surface area contributed by atoms with Gasteiger partial charge in [-0.15, -0.1) is 17.9 Å². The van der Waals surface area contributed by atoms with Crippen LogP contribution in [0.25, 0.3) is 17.7 Å². The van der Waals surface area contributed by atoms with Gasteiger partial charge >= 0.3 is 0 Å². The van der Waals surface area contributed by atoms with Crippen LogP contribution < -0.4 is 0 Å². The third-order valence-corrected chi connectivity index (χ3v) is 4.80. The maximum Gasteiger partial charge on any atom is 0.210 e. The molecule has 110 valence electrons. The van der Waals surface area contributed by atoms with Crippen molar-refractivity contribution >= 4 is 47.1 Å². The number of fused-ring (bicyclic) bond motifs is 1. The van der Waals surface area contributed by atoms with Crippen LogP contribution >= 0.6 is 23.6 Å². The molecule has 0 bridgehead atoms. The van der Waals surface area contributed by atoms with E-state index in [0.29, 0.717) is 20.9 Å². The van der Waals surface area contributed by atoms with Crippen LogP contribution in [0.3, 0.4) is 0 Å². The van der Waals surface area contributed by atoms with Crippen LogP contribution in [0.15, 0.2) is 43.0 Å². The second-order valence-corrected chi connectivity index (χ2v) is 6.47. The van der Waals surface area contributed by atoms with Crippen LogP contribution in [-0.2, 0) is 11.3 Å². The highest BCUT2D eigenvalue weighted by Crippen LogP contribution is 2.33. The Labute approximate surface area is 137 Å². The molecule has 1 heterocycles. The number of thiazole rings is 1. The molecule has 0 radical (unpaired) electrons. The summed E-state index contributed by atoms with van der Waals surface area (Å²) in [7, 11) is 0. The number of nitrogens with zero attached hydrogens (tertiary/aromatic N) is 1. The third-order valence-electron chi connectivity index (χ3n) is 3.41. The average molecular weight is 327 g/mol. The summed E-state index contributed by atoms with van der Waals surface area (Å²) >= 11 is 6.52. The number of hydrogen-bond donors (Lipinski definition) is 1. The topological polar surface area (TPSA) is 42.2 Å². The molecule has 2 aromatic rings. The Balaban J connectivity index is 2.15. The van der Waals surface area contributed by atoms with E-state index in [2.05, 4.69) is 6.58 Å². The second-order valence-electron chi connectivity index (χ2n) is 4.80. The second kappa shape index (κ2) is 5.87. The molecule has 0 saturated carbocycles. The number of carbonyl (C=O) groups is 1. The van der Waals surface area contributed by atoms with E-state index in [1.807, 2.05) is 24.3 Å². The Bertz CT molecular complexity index is 884. The van der Waals surface area contributed by atoms with Crippen LogP contribution in [0.5, 0.6) is 5.88 Å². The molecule has 1 aliphatic rings. The minimum Gasteiger partial charge on any atom is -0.493 e. The number of rotatable bonds is 3. The molecule has 0 atom stereocenters. The summed E-state index contributed by atoms with van der Waals surface area (Å²) in [6.07, 6.45) is 6.73. The Hall–Kier alpha value is -2.24. The summed E-state index contributed by atoms with van der Waals surface area (Å²) in [5.41, 5.74) is 2.42. The fourth-order valence-corrected chi connectivity index (χ4v) is 3.62. The molecule has 1 aromatic heterocycles. The lowest BCUT2D eigenvalue weighted by Gasteiger charge is -2.12. The van der Waals surface area contributed by atoms with E-state index in [4.69, 9.17) is 12.2 Å². The molecule has 0 spiro atoms. The minimum absolute atomic E-state index is 0.0715. The van der Waals surface area contributed by atoms with Gasteiger partial charge in [-0.2, -0.15) is 0 Å². The predicted molar refractivity (Wildman–Crippen MR) is 93.4 cm³/mol. The van der Waals surface area contributed by atoms with E-state index < -0.39 is 0 Å². The molecule has 0 unspecified atom stereocenters. The van der Waals surface area contributed by atoms with Crippen molar-refractivity contribution in [3.05, 3.63) is 63.0 Å². The summed E-state index contributed by atoms with van der Waals surface area (Å²) in [6, 6.07) is 7.68. The van der Waals surface area contributed by atoms with E-state index in [-0.39, 0.29) is 11.7 Å². The normalized spacial score (nSPS) is 15.1. The van der Waals surface area contributed by atoms with Gasteiger partial charge in [0.05, 0.1) is 4.88 Å². The van der Waals surface area contributed by atoms with Crippen molar-refractivity contribution in [1.82, 2.24) is 4.57 Å². The SMILES string of the molecule is C=CCn1c(O)c(C=C2C(=O)C=Cc3ccccc32)sc1=S. The highest BCUT2D eigenvalue weighted by atomic mass is 32.1. The van der Waals surface area contributed by atoms with Crippen molar-refractivity contribution in [1.29, 1.82) is 0 Å². The Morgan fingerprint density at radius 2 is 2.09 bits per heavy atom. The summed E-state index contributed by atoms with van der Waals surface area (Å²) < 4.78 is 2.14. The number of aromatic hydroxyl groups is 1. The van der Waals surface area contributed by atoms with Gasteiger partial charge in [0.25, 0.3) is 0 Å². The summed E-state index contributed by atoms with van der Waals surface area (Å²) in [6.45, 7) is 4.09. The fourth-order valence-electron chi connectivity index (χ4n) is 2.35. The highest BCUT2D eigenvalue weighted by molar-refractivity contribution is 7.73. The van der Waals surface area contributed by atoms with Gasteiger partial charge in [-0.1, -0.05) is 36.4 Å². The monoisotopic (exact) mass is 327 g/mol. The molecule has 3 nitrogen and oxygen atoms in total. The van der Waals surface area contributed by atoms with Gasteiger partial charge in [-0.05, 0) is 35.5 Å². The average Bonchev–Trinajstić information content (AvgIpc) is 2.78. The Morgan fingerprint density at radius 3 is 2.86 bits per heavy atom. The largest absolute Gasteiger partial charge is 0.493 e. The molecule has 1 N–H and O–H groups in total. The lowest BCUT2D eigenvalue weighted by atomic mass is 9.91. The first-order valence-electron chi connectivity index (χ1n) is 6.69. The maximum absolute atomic E-state index is 12.2. The number of carbonyl (C=O) groups excluding carboxylic acids is 1. The molecule has 0 fully saturated rings. The van der Waals surface area contributed by atoms with Crippen molar-refractivity contribution in [3.8, 4) is 5.88 Å². The van der Waals surface area contributed by atoms with Crippen molar-refractivity contribution in [2.45, 2.75) is 6.54 Å². The van der Waals surface area contributed by atoms with E-state index in [9.17, 15) is 9.90 Å². The molecular formula is C17H13NO2S2. The van der Waals surface area contributed by atoms with Crippen LogP contribution in [0.4, 0.5) is 0 Å². The first-order chi connectivity index (χ1) is 10.6. The molecule has 5 heteroatoms. The van der Waals surface area contributed by atoms with Gasteiger partial charge in [0.15, 0.2) is 9.74 Å². The summed E-state index contributed by atoms with van der Waals surface area (Å²) in [5, 5.41) is 10.3. The van der Waals surface area contributed by atoms with Gasteiger partial charge < -0.3 is 5.11 Å². The molecule has 0 saturated heterocycles. The fraction of sp³-hybridized carbons (Fsp3) is 0.0588. The van der Waals surface area contributed by atoms with Crippen molar-refractivity contribution < 1.29 is 9.90 Å². The molecule has 1 aliphatic carbocycles. The summed E-state index contributed by atoms with van der Waals surface area (Å²) in [5.74, 6) is -0.00470. The number of hydrogen-bond acceptors (Lipinski definition) is 4. The van der Waals surface area contributed by atoms with Gasteiger partial charge in [-0.3, -0.25) is 9.36 Å². The molecule has 0 aliphatic heterocycles. The Kier molecular flexibility index (Phi) is 3.92. The van der Waals surface area contributed by atoms with Gasteiger partial charge in [0.2, 0.25) is 5.88 Å². The zero-order valence-electron chi connectivity index (χ0n) is 11.7. The minimum atomic E-state index is -0.0762. The lowest BCUT2D eigenvalue weighted by molar-refractivity contribution is -0.109. The van der Waals surface area contributed by atoms with Gasteiger partial charge in [-0.25, -0.2) is 0 Å². The quantitative estimate of drug-likeness (QED) is 0.519. The molecule has 3 rings (SSSR count). The zero-order valence-corrected chi connectivity index (χ0v) is 13.3. The molecule has 1 aromatic carbocycles. The van der Waals surface area contributed by atoms with E-state index in [1.165, 1.54) is 11.3 Å². The lowest BCUT2D eigenvalue weighted by Crippen LogP contribution is -2.04. The van der Waals surface area contributed by atoms with Crippen LogP contribution in [0.1, 0.15) is 16.0 Å². The first kappa shape index (κ1) is 14.7. The standard InChI is InChI=1S/C17H13NO2S2/c1-2-9-18-16(20)15(22-17(18)21)10-13-12-6-4-3-5-11(12)7-8-14(13)19/h2-8,10,20H,1,9H2. The van der Waals surface area contributed by atoms with E-state index >= 15 is 0 Å². The van der Waals surface area contributed by atoms with Crippen molar-refractivity contribution in [3.63, 3.8) is 0 Å². The number of benzene rings is 1. The summed E-state index contributed by atoms with van der Waals surface area (Å²) in [4.78, 5) is 12.8. The number of allylic oxidation sites excluding steroid dienone is 3. The van der Waals surface area contributed by atoms with Crippen LogP contribution in [0, 0.1) is 3.95 Å². The van der Waals surface area contributed by atoms with E-state index in [1.54, 1.807) is 28.9 Å². The van der Waals surface area contributed by atoms with Crippen LogP contribution in [0.2, 0.25) is 0 Å². The number of ketones is 1. The smallest absolute Gasteiger partial charge is 0.210 e. The van der Waals surface area contributed by atoms with Gasteiger partial charge in [0.1, 0.15) is 0 Å². The first-order valence-corrected chi connectivity index (χ1v) is 7.91. The zero-order chi connectivity index (χ0) is 15.7. The van der Waals surface area contributed by atoms with Gasteiger partial charge in [0, 0.05) is 12.1 Å². The predicted octanol–water partition coefficient (Wildman–Crippen LogP) is 4.31. The third kappa shape index (κ3) is 2.49. The Morgan fingerprint density at radius 1 is 1.32 bits per heavy atom. The molecule has 0 amide bonds.